The van der Waals surface area contributed by atoms with E-state index in [1.807, 2.05) is 6.92 Å². The van der Waals surface area contributed by atoms with Crippen LogP contribution in [0.25, 0.3) is 0 Å². The van der Waals surface area contributed by atoms with Crippen molar-refractivity contribution in [2.75, 3.05) is 0 Å². The number of halogens is 2. The Morgan fingerprint density at radius 3 is 2.87 bits per heavy atom. The van der Waals surface area contributed by atoms with E-state index in [0.29, 0.717) is 10.8 Å². The third kappa shape index (κ3) is 3.72. The first-order valence-electron chi connectivity index (χ1n) is 4.50. The maximum Gasteiger partial charge on any atom is 0.124 e. The summed E-state index contributed by atoms with van der Waals surface area (Å²) in [4.78, 5) is 0. The molecule has 0 atom stereocenters. The van der Waals surface area contributed by atoms with Gasteiger partial charge in [-0.3, -0.25) is 0 Å². The maximum absolute atomic E-state index is 12.7. The molecule has 1 aromatic rings. The van der Waals surface area contributed by atoms with Crippen LogP contribution in [-0.4, -0.2) is 5.04 Å². The highest BCUT2D eigenvalue weighted by molar-refractivity contribution is 8.13. The van der Waals surface area contributed by atoms with Crippen LogP contribution in [0.2, 0.25) is 5.02 Å². The topological polar surface area (TPSA) is 38.4 Å². The minimum absolute atomic E-state index is 0.322. The van der Waals surface area contributed by atoms with Gasteiger partial charge in [0.15, 0.2) is 0 Å². The van der Waals surface area contributed by atoms with Crippen LogP contribution in [0.5, 0.6) is 0 Å². The van der Waals surface area contributed by atoms with Crippen LogP contribution in [0.3, 0.4) is 0 Å². The molecule has 0 aliphatic heterocycles. The van der Waals surface area contributed by atoms with Crippen molar-refractivity contribution in [3.8, 4) is 0 Å². The molecule has 0 spiro atoms. The molecule has 0 aliphatic carbocycles. The van der Waals surface area contributed by atoms with E-state index >= 15 is 0 Å². The Hall–Kier alpha value is -0.740. The predicted octanol–water partition coefficient (Wildman–Crippen LogP) is 3.39. The van der Waals surface area contributed by atoms with Crippen molar-refractivity contribution in [1.82, 2.24) is 0 Å². The maximum atomic E-state index is 12.7. The first-order chi connectivity index (χ1) is 7.17. The summed E-state index contributed by atoms with van der Waals surface area (Å²) in [7, 11) is 0. The van der Waals surface area contributed by atoms with Crippen LogP contribution < -0.4 is 5.84 Å². The van der Waals surface area contributed by atoms with Gasteiger partial charge in [0, 0.05) is 10.8 Å². The standard InChI is InChI=1S/C10H12ClFN2S/c1-2-10(14-13)15-6-7-3-4-8(12)5-9(7)11/h3-5H,2,6,13H2,1H3/b14-10+. The van der Waals surface area contributed by atoms with Crippen molar-refractivity contribution >= 4 is 28.4 Å². The van der Waals surface area contributed by atoms with Gasteiger partial charge in [0.2, 0.25) is 0 Å². The molecule has 0 radical (unpaired) electrons. The molecule has 5 heteroatoms. The summed E-state index contributed by atoms with van der Waals surface area (Å²) in [6, 6.07) is 4.38. The van der Waals surface area contributed by atoms with Crippen molar-refractivity contribution in [3.05, 3.63) is 34.6 Å². The highest BCUT2D eigenvalue weighted by Crippen LogP contribution is 2.23. The SMILES string of the molecule is CC/C(=N\N)SCc1ccc(F)cc1Cl. The molecule has 0 bridgehead atoms. The number of hydrazone groups is 1. The lowest BCUT2D eigenvalue weighted by Gasteiger charge is -2.04. The van der Waals surface area contributed by atoms with Crippen molar-refractivity contribution in [2.45, 2.75) is 19.1 Å². The van der Waals surface area contributed by atoms with Crippen LogP contribution in [0.15, 0.2) is 23.3 Å². The number of nitrogens with zero attached hydrogens (tertiary/aromatic N) is 1. The van der Waals surface area contributed by atoms with Crippen molar-refractivity contribution in [3.63, 3.8) is 0 Å². The van der Waals surface area contributed by atoms with E-state index in [-0.39, 0.29) is 5.82 Å². The van der Waals surface area contributed by atoms with Crippen LogP contribution in [0, 0.1) is 5.82 Å². The van der Waals surface area contributed by atoms with Crippen LogP contribution >= 0.6 is 23.4 Å². The number of benzene rings is 1. The molecule has 2 nitrogen and oxygen atoms in total. The second-order valence-corrected chi connectivity index (χ2v) is 4.36. The van der Waals surface area contributed by atoms with E-state index in [2.05, 4.69) is 5.10 Å². The number of hydrogen-bond donors (Lipinski definition) is 1. The van der Waals surface area contributed by atoms with Crippen molar-refractivity contribution < 1.29 is 4.39 Å². The molecule has 0 amide bonds. The zero-order chi connectivity index (χ0) is 11.3. The zero-order valence-corrected chi connectivity index (χ0v) is 9.91. The molecule has 0 saturated heterocycles. The predicted molar refractivity (Wildman–Crippen MR) is 64.6 cm³/mol. The summed E-state index contributed by atoms with van der Waals surface area (Å²) in [5.74, 6) is 5.52. The molecule has 1 rings (SSSR count). The molecule has 0 unspecified atom stereocenters. The first kappa shape index (κ1) is 12.3. The van der Waals surface area contributed by atoms with Gasteiger partial charge in [0.1, 0.15) is 5.82 Å². The van der Waals surface area contributed by atoms with Gasteiger partial charge in [-0.1, -0.05) is 24.6 Å². The van der Waals surface area contributed by atoms with E-state index in [0.717, 1.165) is 17.0 Å². The Bertz CT molecular complexity index is 368. The van der Waals surface area contributed by atoms with Gasteiger partial charge in [-0.15, -0.1) is 11.8 Å². The Balaban J connectivity index is 2.65. The van der Waals surface area contributed by atoms with E-state index in [9.17, 15) is 4.39 Å². The zero-order valence-electron chi connectivity index (χ0n) is 8.34. The second kappa shape index (κ2) is 5.98. The lowest BCUT2D eigenvalue weighted by Crippen LogP contribution is -1.96. The van der Waals surface area contributed by atoms with Crippen molar-refractivity contribution in [2.24, 2.45) is 10.9 Å². The molecule has 2 N–H and O–H groups in total. The lowest BCUT2D eigenvalue weighted by molar-refractivity contribution is 0.627. The van der Waals surface area contributed by atoms with Crippen molar-refractivity contribution in [1.29, 1.82) is 0 Å². The number of thioether (sulfide) groups is 1. The molecule has 0 aromatic heterocycles. The summed E-state index contributed by atoms with van der Waals surface area (Å²) in [6.45, 7) is 1.98. The highest BCUT2D eigenvalue weighted by Gasteiger charge is 2.04. The number of nitrogens with two attached hydrogens (primary N) is 1. The molecule has 0 saturated carbocycles. The molecular weight excluding hydrogens is 235 g/mol. The summed E-state index contributed by atoms with van der Waals surface area (Å²) in [5, 5.41) is 4.93. The van der Waals surface area contributed by atoms with E-state index in [1.165, 1.54) is 23.9 Å². The van der Waals surface area contributed by atoms with Crippen LogP contribution in [0.4, 0.5) is 4.39 Å². The Morgan fingerprint density at radius 2 is 2.33 bits per heavy atom. The third-order valence-corrected chi connectivity index (χ3v) is 3.39. The molecule has 82 valence electrons. The largest absolute Gasteiger partial charge is 0.323 e. The van der Waals surface area contributed by atoms with Gasteiger partial charge in [-0.05, 0) is 24.1 Å². The molecule has 0 fully saturated rings. The van der Waals surface area contributed by atoms with Crippen LogP contribution in [-0.2, 0) is 5.75 Å². The Morgan fingerprint density at radius 1 is 1.60 bits per heavy atom. The van der Waals surface area contributed by atoms with Crippen LogP contribution in [0.1, 0.15) is 18.9 Å². The summed E-state index contributed by atoms with van der Waals surface area (Å²) in [6.07, 6.45) is 0.792. The third-order valence-electron chi connectivity index (χ3n) is 1.86. The Labute approximate surface area is 97.7 Å². The molecular formula is C10H12ClFN2S. The highest BCUT2D eigenvalue weighted by atomic mass is 35.5. The fourth-order valence-corrected chi connectivity index (χ4v) is 2.20. The minimum atomic E-state index is -0.322. The van der Waals surface area contributed by atoms with E-state index < -0.39 is 0 Å². The minimum Gasteiger partial charge on any atom is -0.323 e. The molecule has 0 aliphatic rings. The summed E-state index contributed by atoms with van der Waals surface area (Å²) < 4.78 is 12.7. The van der Waals surface area contributed by atoms with Gasteiger partial charge in [0.25, 0.3) is 0 Å². The fourth-order valence-electron chi connectivity index (χ4n) is 1.03. The molecule has 1 aromatic carbocycles. The second-order valence-electron chi connectivity index (χ2n) is 2.90. The summed E-state index contributed by atoms with van der Waals surface area (Å²) >= 11 is 7.39. The fraction of sp³-hybridized carbons (Fsp3) is 0.300. The average molecular weight is 247 g/mol. The van der Waals surface area contributed by atoms with E-state index in [1.54, 1.807) is 6.07 Å². The Kier molecular flexibility index (Phi) is 4.91. The summed E-state index contributed by atoms with van der Waals surface area (Å²) in [5.41, 5.74) is 0.887. The van der Waals surface area contributed by atoms with Gasteiger partial charge >= 0.3 is 0 Å². The molecule has 0 heterocycles. The normalized spacial score (nSPS) is 11.8. The van der Waals surface area contributed by atoms with Gasteiger partial charge in [0.05, 0.1) is 5.04 Å². The smallest absolute Gasteiger partial charge is 0.124 e. The van der Waals surface area contributed by atoms with Gasteiger partial charge < -0.3 is 5.84 Å². The first-order valence-corrected chi connectivity index (χ1v) is 5.87. The lowest BCUT2D eigenvalue weighted by atomic mass is 10.2. The number of rotatable bonds is 3. The van der Waals surface area contributed by atoms with E-state index in [4.69, 9.17) is 17.4 Å². The van der Waals surface area contributed by atoms with Gasteiger partial charge in [-0.2, -0.15) is 5.10 Å². The monoisotopic (exact) mass is 246 g/mol. The average Bonchev–Trinajstić information content (AvgIpc) is 2.22. The molecule has 15 heavy (non-hydrogen) atoms. The number of hydrogen-bond acceptors (Lipinski definition) is 3. The van der Waals surface area contributed by atoms with Gasteiger partial charge in [-0.25, -0.2) is 4.39 Å². The quantitative estimate of drug-likeness (QED) is 0.384.